The molecule has 0 spiro atoms. The Hall–Kier alpha value is -1.90. The largest absolute Gasteiger partial charge is 0.384 e. The van der Waals surface area contributed by atoms with Gasteiger partial charge in [-0.2, -0.15) is 0 Å². The van der Waals surface area contributed by atoms with Crippen LogP contribution < -0.4 is 0 Å². The topological polar surface area (TPSA) is 56.7 Å². The van der Waals surface area contributed by atoms with E-state index >= 15 is 0 Å². The summed E-state index contributed by atoms with van der Waals surface area (Å²) < 4.78 is 0. The van der Waals surface area contributed by atoms with Crippen LogP contribution in [0.1, 0.15) is 29.3 Å². The van der Waals surface area contributed by atoms with E-state index < -0.39 is 0 Å². The first-order valence-corrected chi connectivity index (χ1v) is 7.31. The molecule has 1 N–H and O–H groups in total. The Labute approximate surface area is 125 Å². The summed E-state index contributed by atoms with van der Waals surface area (Å²) in [4.78, 5) is 20.8. The number of rotatable bonds is 3. The third kappa shape index (κ3) is 4.28. The van der Waals surface area contributed by atoms with Crippen molar-refractivity contribution in [3.8, 4) is 11.8 Å². The third-order valence-corrected chi connectivity index (χ3v) is 3.50. The van der Waals surface area contributed by atoms with Crippen molar-refractivity contribution in [2.75, 3.05) is 39.3 Å². The van der Waals surface area contributed by atoms with Crippen molar-refractivity contribution in [1.82, 2.24) is 14.8 Å². The highest BCUT2D eigenvalue weighted by Crippen LogP contribution is 2.09. The molecule has 2 rings (SSSR count). The molecular formula is C16H21N3O2. The first-order valence-electron chi connectivity index (χ1n) is 7.31. The molecule has 0 aliphatic carbocycles. The predicted molar refractivity (Wildman–Crippen MR) is 80.8 cm³/mol. The molecule has 112 valence electrons. The van der Waals surface area contributed by atoms with E-state index in [1.807, 2.05) is 4.90 Å². The standard InChI is InChI=1S/C16H21N3O2/c1-2-5-18-6-8-19(9-7-18)16(21)15-11-14(4-3-10-20)12-17-13-15/h11-13,20H,2,5-10H2,1H3. The Morgan fingerprint density at radius 3 is 2.76 bits per heavy atom. The molecule has 0 aromatic carbocycles. The minimum Gasteiger partial charge on any atom is -0.384 e. The van der Waals surface area contributed by atoms with Gasteiger partial charge in [0.25, 0.3) is 5.91 Å². The summed E-state index contributed by atoms with van der Waals surface area (Å²) >= 11 is 0. The second-order valence-corrected chi connectivity index (χ2v) is 5.06. The second-order valence-electron chi connectivity index (χ2n) is 5.06. The van der Waals surface area contributed by atoms with Gasteiger partial charge in [-0.25, -0.2) is 0 Å². The molecular weight excluding hydrogens is 266 g/mol. The van der Waals surface area contributed by atoms with Crippen LogP contribution >= 0.6 is 0 Å². The molecule has 1 aliphatic rings. The number of carbonyl (C=O) groups is 1. The summed E-state index contributed by atoms with van der Waals surface area (Å²) in [7, 11) is 0. The maximum atomic E-state index is 12.5. The molecule has 0 saturated carbocycles. The van der Waals surface area contributed by atoms with Crippen molar-refractivity contribution >= 4 is 5.91 Å². The Bertz CT molecular complexity index is 540. The molecule has 5 nitrogen and oxygen atoms in total. The molecule has 21 heavy (non-hydrogen) atoms. The number of hydrogen-bond donors (Lipinski definition) is 1. The van der Waals surface area contributed by atoms with E-state index in [-0.39, 0.29) is 12.5 Å². The van der Waals surface area contributed by atoms with E-state index in [1.165, 1.54) is 0 Å². The number of aromatic nitrogens is 1. The van der Waals surface area contributed by atoms with Gasteiger partial charge in [0.15, 0.2) is 0 Å². The highest BCUT2D eigenvalue weighted by molar-refractivity contribution is 5.94. The molecule has 2 heterocycles. The Morgan fingerprint density at radius 1 is 1.33 bits per heavy atom. The van der Waals surface area contributed by atoms with Crippen LogP contribution in [0.25, 0.3) is 0 Å². The van der Waals surface area contributed by atoms with Gasteiger partial charge in [0.05, 0.1) is 5.56 Å². The zero-order valence-corrected chi connectivity index (χ0v) is 12.4. The number of amides is 1. The highest BCUT2D eigenvalue weighted by Gasteiger charge is 2.21. The van der Waals surface area contributed by atoms with Crippen molar-refractivity contribution < 1.29 is 9.90 Å². The summed E-state index contributed by atoms with van der Waals surface area (Å²) in [6.07, 6.45) is 4.31. The van der Waals surface area contributed by atoms with Gasteiger partial charge in [-0.15, -0.1) is 0 Å². The van der Waals surface area contributed by atoms with E-state index in [0.717, 1.165) is 39.1 Å². The summed E-state index contributed by atoms with van der Waals surface area (Å²) in [6, 6.07) is 1.73. The van der Waals surface area contributed by atoms with Gasteiger partial charge in [-0.1, -0.05) is 18.8 Å². The van der Waals surface area contributed by atoms with Crippen molar-refractivity contribution in [2.24, 2.45) is 0 Å². The van der Waals surface area contributed by atoms with Crippen LogP contribution in [0.4, 0.5) is 0 Å². The van der Waals surface area contributed by atoms with Gasteiger partial charge in [0.1, 0.15) is 6.61 Å². The molecule has 1 amide bonds. The molecule has 1 saturated heterocycles. The maximum absolute atomic E-state index is 12.5. The fourth-order valence-electron chi connectivity index (χ4n) is 2.44. The second kappa shape index (κ2) is 7.77. The lowest BCUT2D eigenvalue weighted by molar-refractivity contribution is 0.0637. The molecule has 0 unspecified atom stereocenters. The van der Waals surface area contributed by atoms with Crippen LogP contribution in [0.5, 0.6) is 0 Å². The van der Waals surface area contributed by atoms with Crippen LogP contribution in [0.2, 0.25) is 0 Å². The average Bonchev–Trinajstić information content (AvgIpc) is 2.53. The molecule has 5 heteroatoms. The molecule has 1 aliphatic heterocycles. The van der Waals surface area contributed by atoms with Gasteiger partial charge in [-0.3, -0.25) is 14.7 Å². The summed E-state index contributed by atoms with van der Waals surface area (Å²) in [5.41, 5.74) is 1.21. The van der Waals surface area contributed by atoms with Crippen LogP contribution in [0.15, 0.2) is 18.5 Å². The minimum absolute atomic E-state index is 0.00583. The maximum Gasteiger partial charge on any atom is 0.255 e. The molecule has 1 fully saturated rings. The van der Waals surface area contributed by atoms with Crippen LogP contribution in [0, 0.1) is 11.8 Å². The SMILES string of the molecule is CCCN1CCN(C(=O)c2cncc(C#CCO)c2)CC1. The first-order chi connectivity index (χ1) is 10.2. The lowest BCUT2D eigenvalue weighted by atomic mass is 10.1. The van der Waals surface area contributed by atoms with Crippen molar-refractivity contribution in [3.05, 3.63) is 29.6 Å². The average molecular weight is 287 g/mol. The van der Waals surface area contributed by atoms with Gasteiger partial charge in [-0.05, 0) is 19.0 Å². The predicted octanol–water partition coefficient (Wildman–Crippen LogP) is 0.593. The minimum atomic E-state index is -0.197. The fraction of sp³-hybridized carbons (Fsp3) is 0.500. The normalized spacial score (nSPS) is 15.4. The lowest BCUT2D eigenvalue weighted by Crippen LogP contribution is -2.48. The monoisotopic (exact) mass is 287 g/mol. The van der Waals surface area contributed by atoms with Gasteiger partial charge < -0.3 is 10.0 Å². The van der Waals surface area contributed by atoms with Crippen molar-refractivity contribution in [3.63, 3.8) is 0 Å². The van der Waals surface area contributed by atoms with E-state index in [2.05, 4.69) is 28.6 Å². The van der Waals surface area contributed by atoms with Crippen LogP contribution in [0.3, 0.4) is 0 Å². The van der Waals surface area contributed by atoms with Gasteiger partial charge in [0.2, 0.25) is 0 Å². The molecule has 0 bridgehead atoms. The molecule has 0 atom stereocenters. The number of pyridine rings is 1. The fourth-order valence-corrected chi connectivity index (χ4v) is 2.44. The number of aliphatic hydroxyl groups excluding tert-OH is 1. The number of hydrogen-bond acceptors (Lipinski definition) is 4. The molecule has 1 aromatic heterocycles. The number of nitrogens with zero attached hydrogens (tertiary/aromatic N) is 3. The van der Waals surface area contributed by atoms with Crippen molar-refractivity contribution in [2.45, 2.75) is 13.3 Å². The Morgan fingerprint density at radius 2 is 2.10 bits per heavy atom. The zero-order chi connectivity index (χ0) is 15.1. The van der Waals surface area contributed by atoms with E-state index in [1.54, 1.807) is 18.5 Å². The summed E-state index contributed by atoms with van der Waals surface area (Å²) in [6.45, 7) is 6.43. The van der Waals surface area contributed by atoms with Crippen LogP contribution in [-0.4, -0.2) is 65.1 Å². The first kappa shape index (κ1) is 15.5. The quantitative estimate of drug-likeness (QED) is 0.827. The van der Waals surface area contributed by atoms with E-state index in [4.69, 9.17) is 5.11 Å². The zero-order valence-electron chi connectivity index (χ0n) is 12.4. The van der Waals surface area contributed by atoms with E-state index in [9.17, 15) is 4.79 Å². The van der Waals surface area contributed by atoms with Gasteiger partial charge >= 0.3 is 0 Å². The summed E-state index contributed by atoms with van der Waals surface area (Å²) in [5.74, 6) is 5.34. The smallest absolute Gasteiger partial charge is 0.255 e. The lowest BCUT2D eigenvalue weighted by Gasteiger charge is -2.34. The van der Waals surface area contributed by atoms with Crippen LogP contribution in [-0.2, 0) is 0 Å². The number of piperazine rings is 1. The number of carbonyl (C=O) groups excluding carboxylic acids is 1. The number of aliphatic hydroxyl groups is 1. The van der Waals surface area contributed by atoms with E-state index in [0.29, 0.717) is 11.1 Å². The van der Waals surface area contributed by atoms with Gasteiger partial charge in [0, 0.05) is 44.1 Å². The highest BCUT2D eigenvalue weighted by atomic mass is 16.2. The Kier molecular flexibility index (Phi) is 5.73. The summed E-state index contributed by atoms with van der Waals surface area (Å²) in [5, 5.41) is 8.70. The third-order valence-electron chi connectivity index (χ3n) is 3.50. The molecule has 1 aromatic rings. The molecule has 0 radical (unpaired) electrons. The Balaban J connectivity index is 2.00. The van der Waals surface area contributed by atoms with Crippen molar-refractivity contribution in [1.29, 1.82) is 0 Å².